The van der Waals surface area contributed by atoms with Crippen LogP contribution in [0.1, 0.15) is 24.8 Å². The standard InChI is InChI=1S/C18H23F2N3O3/c1-22-13-6-7-14(22)11-23(9-8-13)17(25)16(24)21-10-12-4-2-3-5-15(12)26-18(19)20/h2-5,13-14,18H,6-11H2,1H3,(H,21,24). The number of nitrogens with zero attached hydrogens (tertiary/aromatic N) is 2. The number of hydrogen-bond acceptors (Lipinski definition) is 4. The number of halogens is 2. The normalized spacial score (nSPS) is 23.0. The molecule has 2 unspecified atom stereocenters. The van der Waals surface area contributed by atoms with Crippen LogP contribution in [0.5, 0.6) is 5.75 Å². The number of hydrogen-bond donors (Lipinski definition) is 1. The summed E-state index contributed by atoms with van der Waals surface area (Å²) in [6.07, 6.45) is 3.03. The number of para-hydroxylation sites is 1. The van der Waals surface area contributed by atoms with E-state index in [0.717, 1.165) is 19.3 Å². The van der Waals surface area contributed by atoms with Gasteiger partial charge >= 0.3 is 18.4 Å². The Labute approximate surface area is 151 Å². The maximum Gasteiger partial charge on any atom is 0.387 e. The highest BCUT2D eigenvalue weighted by molar-refractivity contribution is 6.35. The van der Waals surface area contributed by atoms with Gasteiger partial charge in [0.15, 0.2) is 0 Å². The quantitative estimate of drug-likeness (QED) is 0.822. The molecule has 2 aliphatic heterocycles. The van der Waals surface area contributed by atoms with Crippen molar-refractivity contribution >= 4 is 11.8 Å². The third-order valence-corrected chi connectivity index (χ3v) is 5.26. The molecule has 2 bridgehead atoms. The van der Waals surface area contributed by atoms with Crippen molar-refractivity contribution in [3.63, 3.8) is 0 Å². The Morgan fingerprint density at radius 1 is 1.23 bits per heavy atom. The summed E-state index contributed by atoms with van der Waals surface area (Å²) in [6, 6.07) is 6.96. The summed E-state index contributed by atoms with van der Waals surface area (Å²) in [6.45, 7) is -1.89. The summed E-state index contributed by atoms with van der Waals surface area (Å²) in [5.74, 6) is -1.31. The minimum Gasteiger partial charge on any atom is -0.434 e. The van der Waals surface area contributed by atoms with Crippen LogP contribution < -0.4 is 10.1 Å². The maximum absolute atomic E-state index is 12.5. The Kier molecular flexibility index (Phi) is 5.70. The molecule has 8 heteroatoms. The number of likely N-dealkylation sites (tertiary alicyclic amines) is 1. The molecule has 26 heavy (non-hydrogen) atoms. The van der Waals surface area contributed by atoms with Gasteiger partial charge in [-0.3, -0.25) is 14.5 Å². The number of rotatable bonds is 4. The molecule has 1 aromatic carbocycles. The SMILES string of the molecule is CN1C2CCC1CN(C(=O)C(=O)NCc1ccccc1OC(F)F)CC2. The Hall–Kier alpha value is -2.22. The smallest absolute Gasteiger partial charge is 0.387 e. The van der Waals surface area contributed by atoms with E-state index < -0.39 is 18.4 Å². The van der Waals surface area contributed by atoms with Crippen molar-refractivity contribution in [2.45, 2.75) is 44.5 Å². The van der Waals surface area contributed by atoms with Crippen LogP contribution in [0.15, 0.2) is 24.3 Å². The fourth-order valence-electron chi connectivity index (χ4n) is 3.75. The number of ether oxygens (including phenoxy) is 1. The summed E-state index contributed by atoms with van der Waals surface area (Å²) in [5, 5.41) is 2.52. The van der Waals surface area contributed by atoms with Crippen LogP contribution in [0.4, 0.5) is 8.78 Å². The lowest BCUT2D eigenvalue weighted by Gasteiger charge is -2.25. The van der Waals surface area contributed by atoms with Gasteiger partial charge in [0.25, 0.3) is 0 Å². The Morgan fingerprint density at radius 3 is 2.73 bits per heavy atom. The molecule has 2 fully saturated rings. The Morgan fingerprint density at radius 2 is 1.96 bits per heavy atom. The van der Waals surface area contributed by atoms with Crippen LogP contribution in [-0.2, 0) is 16.1 Å². The van der Waals surface area contributed by atoms with Gasteiger partial charge in [0.1, 0.15) is 5.75 Å². The van der Waals surface area contributed by atoms with E-state index in [1.165, 1.54) is 6.07 Å². The molecule has 2 saturated heterocycles. The summed E-state index contributed by atoms with van der Waals surface area (Å²) in [4.78, 5) is 28.6. The van der Waals surface area contributed by atoms with E-state index in [1.807, 2.05) is 0 Å². The number of alkyl halides is 2. The average Bonchev–Trinajstić information content (AvgIpc) is 2.85. The molecule has 2 aliphatic rings. The number of carbonyl (C=O) groups excluding carboxylic acids is 2. The van der Waals surface area contributed by atoms with Gasteiger partial charge in [-0.05, 0) is 32.4 Å². The first-order chi connectivity index (χ1) is 12.5. The highest BCUT2D eigenvalue weighted by Gasteiger charge is 2.37. The molecule has 3 rings (SSSR count). The first-order valence-electron chi connectivity index (χ1n) is 8.77. The molecule has 0 aliphatic carbocycles. The third-order valence-electron chi connectivity index (χ3n) is 5.26. The molecule has 142 valence electrons. The zero-order valence-electron chi connectivity index (χ0n) is 14.7. The van der Waals surface area contributed by atoms with Crippen molar-refractivity contribution in [1.82, 2.24) is 15.1 Å². The van der Waals surface area contributed by atoms with Gasteiger partial charge in [-0.15, -0.1) is 0 Å². The molecule has 2 heterocycles. The second-order valence-corrected chi connectivity index (χ2v) is 6.76. The minimum atomic E-state index is -2.95. The van der Waals surface area contributed by atoms with Crippen LogP contribution in [0.2, 0.25) is 0 Å². The molecule has 6 nitrogen and oxygen atoms in total. The van der Waals surface area contributed by atoms with Crippen molar-refractivity contribution in [3.8, 4) is 5.75 Å². The van der Waals surface area contributed by atoms with Gasteiger partial charge in [-0.2, -0.15) is 8.78 Å². The molecule has 1 N–H and O–H groups in total. The highest BCUT2D eigenvalue weighted by atomic mass is 19.3. The van der Waals surface area contributed by atoms with Gasteiger partial charge in [0, 0.05) is 37.3 Å². The molecule has 2 atom stereocenters. The van der Waals surface area contributed by atoms with E-state index in [0.29, 0.717) is 30.7 Å². The predicted molar refractivity (Wildman–Crippen MR) is 90.7 cm³/mol. The number of amides is 2. The maximum atomic E-state index is 12.5. The molecular weight excluding hydrogens is 344 g/mol. The number of nitrogens with one attached hydrogen (secondary N) is 1. The average molecular weight is 367 g/mol. The summed E-state index contributed by atoms with van der Waals surface area (Å²) in [7, 11) is 2.07. The highest BCUT2D eigenvalue weighted by Crippen LogP contribution is 2.28. The molecule has 2 amide bonds. The minimum absolute atomic E-state index is 0.0102. The lowest BCUT2D eigenvalue weighted by atomic mass is 10.1. The fraction of sp³-hybridized carbons (Fsp3) is 0.556. The summed E-state index contributed by atoms with van der Waals surface area (Å²) < 4.78 is 29.3. The molecule has 0 radical (unpaired) electrons. The molecular formula is C18H23F2N3O3. The number of likely N-dealkylation sites (N-methyl/N-ethyl adjacent to an activating group) is 1. The zero-order chi connectivity index (χ0) is 18.7. The number of carbonyl (C=O) groups is 2. The first kappa shape index (κ1) is 18.6. The van der Waals surface area contributed by atoms with Gasteiger partial charge in [0.2, 0.25) is 0 Å². The van der Waals surface area contributed by atoms with E-state index in [9.17, 15) is 18.4 Å². The van der Waals surface area contributed by atoms with Crippen LogP contribution in [0.25, 0.3) is 0 Å². The van der Waals surface area contributed by atoms with Gasteiger partial charge in [0.05, 0.1) is 0 Å². The lowest BCUT2D eigenvalue weighted by molar-refractivity contribution is -0.146. The summed E-state index contributed by atoms with van der Waals surface area (Å²) in [5.41, 5.74) is 0.392. The topological polar surface area (TPSA) is 61.9 Å². The molecule has 0 saturated carbocycles. The van der Waals surface area contributed by atoms with Crippen molar-refractivity contribution in [2.75, 3.05) is 20.1 Å². The monoisotopic (exact) mass is 367 g/mol. The van der Waals surface area contributed by atoms with Gasteiger partial charge < -0.3 is 15.0 Å². The van der Waals surface area contributed by atoms with E-state index in [-0.39, 0.29) is 12.3 Å². The fourth-order valence-corrected chi connectivity index (χ4v) is 3.75. The number of fused-ring (bicyclic) bond motifs is 2. The zero-order valence-corrected chi connectivity index (χ0v) is 14.7. The molecule has 0 spiro atoms. The molecule has 0 aromatic heterocycles. The predicted octanol–water partition coefficient (Wildman–Crippen LogP) is 1.60. The van der Waals surface area contributed by atoms with Crippen LogP contribution >= 0.6 is 0 Å². The van der Waals surface area contributed by atoms with Crippen molar-refractivity contribution < 1.29 is 23.1 Å². The molecule has 1 aromatic rings. The second-order valence-electron chi connectivity index (χ2n) is 6.76. The van der Waals surface area contributed by atoms with E-state index in [2.05, 4.69) is 22.0 Å². The van der Waals surface area contributed by atoms with Crippen LogP contribution in [-0.4, -0.2) is 60.4 Å². The number of benzene rings is 1. The first-order valence-corrected chi connectivity index (χ1v) is 8.77. The second kappa shape index (κ2) is 7.99. The van der Waals surface area contributed by atoms with Crippen molar-refractivity contribution in [1.29, 1.82) is 0 Å². The Balaban J connectivity index is 1.58. The van der Waals surface area contributed by atoms with Crippen molar-refractivity contribution in [3.05, 3.63) is 29.8 Å². The third kappa shape index (κ3) is 4.12. The lowest BCUT2D eigenvalue weighted by Crippen LogP contribution is -2.46. The largest absolute Gasteiger partial charge is 0.434 e. The van der Waals surface area contributed by atoms with E-state index in [1.54, 1.807) is 23.1 Å². The Bertz CT molecular complexity index is 671. The van der Waals surface area contributed by atoms with E-state index in [4.69, 9.17) is 0 Å². The summed E-state index contributed by atoms with van der Waals surface area (Å²) >= 11 is 0. The van der Waals surface area contributed by atoms with E-state index >= 15 is 0 Å². The van der Waals surface area contributed by atoms with Crippen molar-refractivity contribution in [2.24, 2.45) is 0 Å². The van der Waals surface area contributed by atoms with Crippen LogP contribution in [0, 0.1) is 0 Å². The van der Waals surface area contributed by atoms with Gasteiger partial charge in [-0.25, -0.2) is 0 Å². The van der Waals surface area contributed by atoms with Gasteiger partial charge in [-0.1, -0.05) is 18.2 Å². The van der Waals surface area contributed by atoms with Crippen LogP contribution in [0.3, 0.4) is 0 Å².